The van der Waals surface area contributed by atoms with Crippen LogP contribution in [0.1, 0.15) is 66.3 Å². The van der Waals surface area contributed by atoms with E-state index in [1.54, 1.807) is 25.1 Å². The van der Waals surface area contributed by atoms with Crippen molar-refractivity contribution in [2.24, 2.45) is 0 Å². The number of rotatable bonds is 10. The SMILES string of the molecule is CCOC(=O)c1c(NC(=O)CSc2nnc(C(C)Oc3cc(Cl)ccc3Cl)n2CC)sc2c1CCCC2. The van der Waals surface area contributed by atoms with Crippen LogP contribution < -0.4 is 10.1 Å². The molecular formula is C25H28Cl2N4O4S2. The van der Waals surface area contributed by atoms with Crippen LogP contribution >= 0.6 is 46.3 Å². The maximum atomic E-state index is 12.9. The molecule has 0 radical (unpaired) electrons. The molecule has 0 bridgehead atoms. The van der Waals surface area contributed by atoms with Gasteiger partial charge in [-0.3, -0.25) is 4.79 Å². The Bertz CT molecular complexity index is 1290. The largest absolute Gasteiger partial charge is 0.481 e. The summed E-state index contributed by atoms with van der Waals surface area (Å²) in [7, 11) is 0. The third-order valence-electron chi connectivity index (χ3n) is 5.86. The lowest BCUT2D eigenvalue weighted by Crippen LogP contribution is -2.17. The van der Waals surface area contributed by atoms with Crippen LogP contribution in [-0.4, -0.2) is 39.0 Å². The molecule has 0 saturated carbocycles. The Morgan fingerprint density at radius 3 is 2.76 bits per heavy atom. The highest BCUT2D eigenvalue weighted by atomic mass is 35.5. The van der Waals surface area contributed by atoms with Gasteiger partial charge in [-0.15, -0.1) is 21.5 Å². The average Bonchev–Trinajstić information content (AvgIpc) is 3.45. The lowest BCUT2D eigenvalue weighted by atomic mass is 9.95. The molecule has 0 spiro atoms. The first-order valence-corrected chi connectivity index (χ1v) is 14.7. The summed E-state index contributed by atoms with van der Waals surface area (Å²) in [6, 6.07) is 5.02. The van der Waals surface area contributed by atoms with Gasteiger partial charge in [0.05, 0.1) is 22.9 Å². The number of ether oxygens (including phenoxy) is 2. The molecule has 1 atom stereocenters. The Balaban J connectivity index is 1.44. The molecule has 0 aliphatic heterocycles. The lowest BCUT2D eigenvalue weighted by molar-refractivity contribution is -0.113. The van der Waals surface area contributed by atoms with Gasteiger partial charge >= 0.3 is 5.97 Å². The summed E-state index contributed by atoms with van der Waals surface area (Å²) in [5.41, 5.74) is 1.52. The van der Waals surface area contributed by atoms with E-state index >= 15 is 0 Å². The molecule has 2 heterocycles. The van der Waals surface area contributed by atoms with E-state index in [-0.39, 0.29) is 24.2 Å². The summed E-state index contributed by atoms with van der Waals surface area (Å²) in [4.78, 5) is 26.7. The first kappa shape index (κ1) is 27.8. The Labute approximate surface area is 234 Å². The van der Waals surface area contributed by atoms with Crippen LogP contribution in [0.5, 0.6) is 5.75 Å². The van der Waals surface area contributed by atoms with Crippen LogP contribution in [0, 0.1) is 0 Å². The zero-order chi connectivity index (χ0) is 26.5. The van der Waals surface area contributed by atoms with Crippen LogP contribution in [0.25, 0.3) is 0 Å². The second kappa shape index (κ2) is 12.5. The number of fused-ring (bicyclic) bond motifs is 1. The summed E-state index contributed by atoms with van der Waals surface area (Å²) in [5.74, 6) is 0.567. The molecule has 12 heteroatoms. The maximum Gasteiger partial charge on any atom is 0.341 e. The molecule has 1 aromatic carbocycles. The van der Waals surface area contributed by atoms with Gasteiger partial charge in [-0.1, -0.05) is 35.0 Å². The van der Waals surface area contributed by atoms with E-state index in [1.165, 1.54) is 23.1 Å². The molecule has 1 unspecified atom stereocenters. The average molecular weight is 584 g/mol. The van der Waals surface area contributed by atoms with Crippen molar-refractivity contribution in [3.8, 4) is 5.75 Å². The van der Waals surface area contributed by atoms with Crippen molar-refractivity contribution in [1.82, 2.24) is 14.8 Å². The summed E-state index contributed by atoms with van der Waals surface area (Å²) in [6.07, 6.45) is 3.41. The molecule has 1 N–H and O–H groups in total. The van der Waals surface area contributed by atoms with Gasteiger partial charge in [0.25, 0.3) is 0 Å². The van der Waals surface area contributed by atoms with Crippen molar-refractivity contribution < 1.29 is 19.1 Å². The second-order valence-electron chi connectivity index (χ2n) is 8.39. The fraction of sp³-hybridized carbons (Fsp3) is 0.440. The van der Waals surface area contributed by atoms with Gasteiger partial charge in [-0.05, 0) is 64.2 Å². The zero-order valence-corrected chi connectivity index (χ0v) is 24.0. The van der Waals surface area contributed by atoms with Crippen molar-refractivity contribution in [3.05, 3.63) is 50.1 Å². The smallest absolute Gasteiger partial charge is 0.341 e. The van der Waals surface area contributed by atoms with E-state index in [2.05, 4.69) is 15.5 Å². The van der Waals surface area contributed by atoms with Crippen molar-refractivity contribution in [1.29, 1.82) is 0 Å². The van der Waals surface area contributed by atoms with Crippen molar-refractivity contribution in [2.75, 3.05) is 17.7 Å². The highest BCUT2D eigenvalue weighted by molar-refractivity contribution is 7.99. The number of amides is 1. The Morgan fingerprint density at radius 1 is 1.22 bits per heavy atom. The number of thioether (sulfide) groups is 1. The molecule has 1 aliphatic rings. The molecule has 1 aliphatic carbocycles. The van der Waals surface area contributed by atoms with Crippen molar-refractivity contribution in [3.63, 3.8) is 0 Å². The lowest BCUT2D eigenvalue weighted by Gasteiger charge is -2.16. The van der Waals surface area contributed by atoms with Crippen molar-refractivity contribution >= 4 is 63.2 Å². The molecule has 37 heavy (non-hydrogen) atoms. The number of nitrogens with one attached hydrogen (secondary N) is 1. The normalized spacial score (nSPS) is 13.6. The predicted octanol–water partition coefficient (Wildman–Crippen LogP) is 6.59. The molecule has 0 saturated heterocycles. The highest BCUT2D eigenvalue weighted by Gasteiger charge is 2.27. The first-order chi connectivity index (χ1) is 17.8. The van der Waals surface area contributed by atoms with Crippen LogP contribution in [0.3, 0.4) is 0 Å². The summed E-state index contributed by atoms with van der Waals surface area (Å²) in [5, 5.41) is 13.6. The topological polar surface area (TPSA) is 95.3 Å². The third kappa shape index (κ3) is 6.42. The molecule has 0 fully saturated rings. The minimum Gasteiger partial charge on any atom is -0.481 e. The van der Waals surface area contributed by atoms with E-state index in [0.29, 0.717) is 43.9 Å². The number of esters is 1. The molecule has 8 nitrogen and oxygen atoms in total. The molecule has 1 amide bonds. The summed E-state index contributed by atoms with van der Waals surface area (Å²) < 4.78 is 13.2. The second-order valence-corrected chi connectivity index (χ2v) is 11.3. The Morgan fingerprint density at radius 2 is 2.00 bits per heavy atom. The standard InChI is InChI=1S/C25H28Cl2N4O4S2/c1-4-31-22(14(3)35-18-12-15(26)10-11-17(18)27)29-30-25(31)36-13-20(32)28-23-21(24(33)34-5-2)16-8-6-7-9-19(16)37-23/h10-12,14H,4-9,13H2,1-3H3,(H,28,32). The third-order valence-corrected chi connectivity index (χ3v) is 8.58. The quantitative estimate of drug-likeness (QED) is 0.212. The van der Waals surface area contributed by atoms with Gasteiger partial charge in [0.2, 0.25) is 5.91 Å². The van der Waals surface area contributed by atoms with Crippen molar-refractivity contribution in [2.45, 2.75) is 64.3 Å². The monoisotopic (exact) mass is 582 g/mol. The summed E-state index contributed by atoms with van der Waals surface area (Å²) in [6.45, 7) is 6.47. The molecule has 2 aromatic heterocycles. The number of halogens is 2. The van der Waals surface area contributed by atoms with Crippen LogP contribution in [0.15, 0.2) is 23.4 Å². The van der Waals surface area contributed by atoms with Gasteiger partial charge in [0.1, 0.15) is 10.8 Å². The van der Waals surface area contributed by atoms with Crippen LogP contribution in [0.4, 0.5) is 5.00 Å². The number of hydrogen-bond donors (Lipinski definition) is 1. The predicted molar refractivity (Wildman–Crippen MR) is 147 cm³/mol. The Hall–Kier alpha value is -2.27. The first-order valence-electron chi connectivity index (χ1n) is 12.1. The zero-order valence-electron chi connectivity index (χ0n) is 20.8. The molecule has 198 valence electrons. The fourth-order valence-electron chi connectivity index (χ4n) is 4.18. The number of carbonyl (C=O) groups is 2. The fourth-order valence-corrected chi connectivity index (χ4v) is 6.61. The van der Waals surface area contributed by atoms with Gasteiger partial charge in [0, 0.05) is 22.5 Å². The Kier molecular flexibility index (Phi) is 9.39. The van der Waals surface area contributed by atoms with Crippen LogP contribution in [0.2, 0.25) is 10.0 Å². The van der Waals surface area contributed by atoms with E-state index in [9.17, 15) is 9.59 Å². The van der Waals surface area contributed by atoms with Gasteiger partial charge < -0.3 is 19.4 Å². The number of aryl methyl sites for hydroxylation is 1. The number of hydrogen-bond acceptors (Lipinski definition) is 8. The van der Waals surface area contributed by atoms with E-state index in [0.717, 1.165) is 36.1 Å². The van der Waals surface area contributed by atoms with Crippen LogP contribution in [-0.2, 0) is 28.9 Å². The molecule has 3 aromatic rings. The number of carbonyl (C=O) groups excluding carboxylic acids is 2. The number of benzene rings is 1. The number of aromatic nitrogens is 3. The molecule has 4 rings (SSSR count). The van der Waals surface area contributed by atoms with E-state index in [1.807, 2.05) is 18.4 Å². The minimum atomic E-state index is -0.448. The van der Waals surface area contributed by atoms with Gasteiger partial charge in [0.15, 0.2) is 17.1 Å². The van der Waals surface area contributed by atoms with E-state index in [4.69, 9.17) is 32.7 Å². The number of thiophene rings is 1. The number of nitrogens with zero attached hydrogens (tertiary/aromatic N) is 3. The highest BCUT2D eigenvalue weighted by Crippen LogP contribution is 2.39. The van der Waals surface area contributed by atoms with Gasteiger partial charge in [-0.2, -0.15) is 0 Å². The maximum absolute atomic E-state index is 12.9. The van der Waals surface area contributed by atoms with E-state index < -0.39 is 6.10 Å². The minimum absolute atomic E-state index is 0.109. The summed E-state index contributed by atoms with van der Waals surface area (Å²) >= 11 is 15.1. The number of anilines is 1. The van der Waals surface area contributed by atoms with Gasteiger partial charge in [-0.25, -0.2) is 4.79 Å². The molecular weight excluding hydrogens is 555 g/mol.